The molecule has 0 unspecified atom stereocenters. The minimum atomic E-state index is -0.142. The molecule has 0 spiro atoms. The number of hydrogen-bond donors (Lipinski definition) is 0. The van der Waals surface area contributed by atoms with E-state index < -0.39 is 0 Å². The molecule has 0 radical (unpaired) electrons. The summed E-state index contributed by atoms with van der Waals surface area (Å²) in [6.45, 7) is 2.24. The van der Waals surface area contributed by atoms with Crippen molar-refractivity contribution in [2.24, 2.45) is 0 Å². The smallest absolute Gasteiger partial charge is 0.289 e. The van der Waals surface area contributed by atoms with E-state index in [2.05, 4.69) is 0 Å². The first-order chi connectivity index (χ1) is 11.5. The number of ether oxygens (including phenoxy) is 1. The number of furan rings is 1. The van der Waals surface area contributed by atoms with E-state index >= 15 is 0 Å². The second-order valence-corrected chi connectivity index (χ2v) is 6.60. The van der Waals surface area contributed by atoms with Gasteiger partial charge in [-0.3, -0.25) is 4.79 Å². The van der Waals surface area contributed by atoms with Crippen molar-refractivity contribution >= 4 is 17.5 Å². The van der Waals surface area contributed by atoms with Crippen LogP contribution in [0.2, 0.25) is 5.02 Å². The zero-order valence-corrected chi connectivity index (χ0v) is 14.6. The Morgan fingerprint density at radius 3 is 2.71 bits per heavy atom. The highest BCUT2D eigenvalue weighted by atomic mass is 35.5. The number of nitrogens with zero attached hydrogens (tertiary/aromatic N) is 2. The summed E-state index contributed by atoms with van der Waals surface area (Å²) in [5.74, 6) is 1.07. The lowest BCUT2D eigenvalue weighted by Crippen LogP contribution is -2.42. The zero-order valence-electron chi connectivity index (χ0n) is 13.9. The lowest BCUT2D eigenvalue weighted by molar-refractivity contribution is -0.0238. The molecule has 1 fully saturated rings. The van der Waals surface area contributed by atoms with Gasteiger partial charge in [0.25, 0.3) is 5.91 Å². The predicted molar refractivity (Wildman–Crippen MR) is 92.1 cm³/mol. The van der Waals surface area contributed by atoms with E-state index in [1.165, 1.54) is 0 Å². The number of carbonyl (C=O) groups excluding carboxylic acids is 1. The van der Waals surface area contributed by atoms with E-state index in [1.807, 2.05) is 49.3 Å². The molecule has 0 N–H and O–H groups in total. The van der Waals surface area contributed by atoms with Crippen molar-refractivity contribution < 1.29 is 13.9 Å². The number of hydrogen-bond acceptors (Lipinski definition) is 4. The second-order valence-electron chi connectivity index (χ2n) is 6.17. The monoisotopic (exact) mass is 348 g/mol. The standard InChI is InChI=1S/C18H21ClN2O3/c1-20(2)11-15-7-8-16(24-15)18(22)21-9-10-23-17(12-21)13-3-5-14(19)6-4-13/h3-8,17H,9-12H2,1-2H3/t17-/m0/s1. The van der Waals surface area contributed by atoms with Crippen molar-refractivity contribution in [3.8, 4) is 0 Å². The second kappa shape index (κ2) is 7.38. The van der Waals surface area contributed by atoms with Gasteiger partial charge in [0.1, 0.15) is 11.9 Å². The SMILES string of the molecule is CN(C)Cc1ccc(C(=O)N2CCO[C@H](c3ccc(Cl)cc3)C2)o1. The van der Waals surface area contributed by atoms with E-state index in [1.54, 1.807) is 11.0 Å². The fraction of sp³-hybridized carbons (Fsp3) is 0.389. The van der Waals surface area contributed by atoms with Crippen molar-refractivity contribution in [3.63, 3.8) is 0 Å². The van der Waals surface area contributed by atoms with Crippen LogP contribution in [0.15, 0.2) is 40.8 Å². The Balaban J connectivity index is 1.68. The topological polar surface area (TPSA) is 45.9 Å². The van der Waals surface area contributed by atoms with Gasteiger partial charge >= 0.3 is 0 Å². The van der Waals surface area contributed by atoms with E-state index in [0.717, 1.165) is 11.3 Å². The van der Waals surface area contributed by atoms with Crippen LogP contribution in [0.5, 0.6) is 0 Å². The number of rotatable bonds is 4. The summed E-state index contributed by atoms with van der Waals surface area (Å²) in [5, 5.41) is 0.687. The molecule has 0 aliphatic carbocycles. The van der Waals surface area contributed by atoms with Crippen LogP contribution in [-0.4, -0.2) is 49.5 Å². The van der Waals surface area contributed by atoms with Gasteiger partial charge in [-0.1, -0.05) is 23.7 Å². The predicted octanol–water partition coefficient (Wildman–Crippen LogP) is 3.21. The summed E-state index contributed by atoms with van der Waals surface area (Å²) in [7, 11) is 3.92. The lowest BCUT2D eigenvalue weighted by Gasteiger charge is -2.32. The Bertz CT molecular complexity index is 697. The van der Waals surface area contributed by atoms with Crippen LogP contribution in [0.1, 0.15) is 28.0 Å². The van der Waals surface area contributed by atoms with Crippen molar-refractivity contribution in [2.45, 2.75) is 12.6 Å². The van der Waals surface area contributed by atoms with Crippen LogP contribution in [-0.2, 0) is 11.3 Å². The van der Waals surface area contributed by atoms with Crippen molar-refractivity contribution in [3.05, 3.63) is 58.5 Å². The van der Waals surface area contributed by atoms with Crippen LogP contribution < -0.4 is 0 Å². The first-order valence-electron chi connectivity index (χ1n) is 7.92. The quantitative estimate of drug-likeness (QED) is 0.851. The van der Waals surface area contributed by atoms with Gasteiger partial charge in [-0.05, 0) is 43.9 Å². The lowest BCUT2D eigenvalue weighted by atomic mass is 10.1. The minimum absolute atomic E-state index is 0.0951. The Kier molecular flexibility index (Phi) is 5.23. The maximum atomic E-state index is 12.7. The van der Waals surface area contributed by atoms with Gasteiger partial charge in [0, 0.05) is 11.6 Å². The fourth-order valence-corrected chi connectivity index (χ4v) is 2.88. The van der Waals surface area contributed by atoms with Crippen LogP contribution in [0.4, 0.5) is 0 Å². The van der Waals surface area contributed by atoms with Gasteiger partial charge in [-0.2, -0.15) is 0 Å². The van der Waals surface area contributed by atoms with Gasteiger partial charge in [0.2, 0.25) is 0 Å². The Labute approximate surface area is 146 Å². The molecule has 1 aliphatic heterocycles. The number of halogens is 1. The molecule has 2 heterocycles. The first kappa shape index (κ1) is 17.0. The molecule has 1 saturated heterocycles. The maximum absolute atomic E-state index is 12.7. The molecule has 1 amide bonds. The zero-order chi connectivity index (χ0) is 17.1. The van der Waals surface area contributed by atoms with Gasteiger partial charge in [0.05, 0.1) is 19.7 Å². The normalized spacial score (nSPS) is 18.2. The van der Waals surface area contributed by atoms with Gasteiger partial charge < -0.3 is 19.0 Å². The molecular formula is C18H21ClN2O3. The summed E-state index contributed by atoms with van der Waals surface area (Å²) < 4.78 is 11.5. The maximum Gasteiger partial charge on any atom is 0.289 e. The average molecular weight is 349 g/mol. The van der Waals surface area contributed by atoms with Gasteiger partial charge in [0.15, 0.2) is 5.76 Å². The van der Waals surface area contributed by atoms with Crippen LogP contribution in [0.25, 0.3) is 0 Å². The molecule has 0 bridgehead atoms. The minimum Gasteiger partial charge on any atom is -0.455 e. The number of amides is 1. The largest absolute Gasteiger partial charge is 0.455 e. The summed E-state index contributed by atoms with van der Waals surface area (Å²) in [4.78, 5) is 16.4. The molecule has 24 heavy (non-hydrogen) atoms. The number of benzene rings is 1. The molecule has 1 aromatic heterocycles. The van der Waals surface area contributed by atoms with Crippen molar-refractivity contribution in [2.75, 3.05) is 33.8 Å². The molecule has 1 aliphatic rings. The summed E-state index contributed by atoms with van der Waals surface area (Å²) in [6.07, 6.45) is -0.142. The molecule has 0 saturated carbocycles. The van der Waals surface area contributed by atoms with Crippen LogP contribution in [0, 0.1) is 0 Å². The first-order valence-corrected chi connectivity index (χ1v) is 8.30. The molecule has 2 aromatic rings. The van der Waals surface area contributed by atoms with Gasteiger partial charge in [-0.15, -0.1) is 0 Å². The molecule has 6 heteroatoms. The van der Waals surface area contributed by atoms with Gasteiger partial charge in [-0.25, -0.2) is 0 Å². The van der Waals surface area contributed by atoms with Crippen LogP contribution in [0.3, 0.4) is 0 Å². The van der Waals surface area contributed by atoms with E-state index in [4.69, 9.17) is 20.8 Å². The third kappa shape index (κ3) is 3.98. The van der Waals surface area contributed by atoms with E-state index in [9.17, 15) is 4.79 Å². The van der Waals surface area contributed by atoms with E-state index in [0.29, 0.717) is 37.0 Å². The summed E-state index contributed by atoms with van der Waals surface area (Å²) in [5.41, 5.74) is 1.02. The van der Waals surface area contributed by atoms with Crippen LogP contribution >= 0.6 is 11.6 Å². The molecule has 3 rings (SSSR count). The molecule has 1 aromatic carbocycles. The number of carbonyl (C=O) groups is 1. The van der Waals surface area contributed by atoms with Crippen molar-refractivity contribution in [1.29, 1.82) is 0 Å². The third-order valence-electron chi connectivity index (χ3n) is 3.94. The number of morpholine rings is 1. The third-order valence-corrected chi connectivity index (χ3v) is 4.19. The molecule has 1 atom stereocenters. The summed E-state index contributed by atoms with van der Waals surface area (Å²) >= 11 is 5.93. The fourth-order valence-electron chi connectivity index (χ4n) is 2.76. The summed E-state index contributed by atoms with van der Waals surface area (Å²) in [6, 6.07) is 11.1. The molecule has 5 nitrogen and oxygen atoms in total. The Morgan fingerprint density at radius 2 is 2.00 bits per heavy atom. The highest BCUT2D eigenvalue weighted by molar-refractivity contribution is 6.30. The highest BCUT2D eigenvalue weighted by Gasteiger charge is 2.27. The highest BCUT2D eigenvalue weighted by Crippen LogP contribution is 2.25. The molecule has 128 valence electrons. The van der Waals surface area contributed by atoms with Crippen molar-refractivity contribution in [1.82, 2.24) is 9.80 Å². The Morgan fingerprint density at radius 1 is 1.25 bits per heavy atom. The Hall–Kier alpha value is -1.82. The molecular weight excluding hydrogens is 328 g/mol. The average Bonchev–Trinajstić information content (AvgIpc) is 3.02. The van der Waals surface area contributed by atoms with E-state index in [-0.39, 0.29) is 12.0 Å².